The highest BCUT2D eigenvalue weighted by molar-refractivity contribution is 7.20. The average Bonchev–Trinajstić information content (AvgIpc) is 3.29. The third kappa shape index (κ3) is 8.51. The topological polar surface area (TPSA) is 20.9 Å². The lowest BCUT2D eigenvalue weighted by Gasteiger charge is -2.44. The lowest BCUT2D eigenvalue weighted by molar-refractivity contribution is -0.688. The van der Waals surface area contributed by atoms with Crippen LogP contribution in [0.2, 0.25) is 0 Å². The fourth-order valence-electron chi connectivity index (χ4n) is 7.10. The van der Waals surface area contributed by atoms with Crippen LogP contribution in [0, 0.1) is 116 Å². The molecule has 0 spiro atoms. The lowest BCUT2D eigenvalue weighted by atomic mass is 9.12. The first-order chi connectivity index (χ1) is 30.5. The normalized spacial score (nSPS) is 11.5. The zero-order valence-corrected chi connectivity index (χ0v) is 32.2. The predicted molar refractivity (Wildman–Crippen MR) is 190 cm³/mol. The number of halogens is 20. The molecule has 23 heteroatoms. The number of hydrogen-bond acceptors (Lipinski definition) is 1. The maximum atomic E-state index is 15.4. The average molecular weight is 947 g/mol. The van der Waals surface area contributed by atoms with Crippen molar-refractivity contribution in [3.05, 3.63) is 182 Å². The molecule has 0 radical (unpaired) electrons. The van der Waals surface area contributed by atoms with Crippen molar-refractivity contribution >= 4 is 33.8 Å². The minimum absolute atomic E-state index is 0.255. The van der Waals surface area contributed by atoms with Gasteiger partial charge in [-0.2, -0.15) is 0 Å². The van der Waals surface area contributed by atoms with Gasteiger partial charge in [0.05, 0.1) is 0 Å². The first kappa shape index (κ1) is 49.6. The fourth-order valence-corrected chi connectivity index (χ4v) is 7.10. The summed E-state index contributed by atoms with van der Waals surface area (Å²) in [6.07, 6.45) is 0.696. The van der Waals surface area contributed by atoms with Crippen molar-refractivity contribution in [1.82, 2.24) is 0 Å². The minimum Gasteiger partial charge on any atom is -0.294 e. The number of unbranched alkanes of at least 4 members (excludes halogenated alkanes) is 2. The van der Waals surface area contributed by atoms with Crippen molar-refractivity contribution in [3.8, 4) is 0 Å². The molecule has 2 nitrogen and oxygen atoms in total. The lowest BCUT2D eigenvalue weighted by Crippen LogP contribution is -2.81. The van der Waals surface area contributed by atoms with Crippen LogP contribution in [0.5, 0.6) is 0 Å². The van der Waals surface area contributed by atoms with Crippen LogP contribution in [-0.4, -0.2) is 11.9 Å². The molecule has 0 aliphatic rings. The Labute approximate surface area is 352 Å². The molecular weight excluding hydrogens is 925 g/mol. The Morgan fingerprint density at radius 1 is 0.400 bits per heavy atom. The zero-order valence-electron chi connectivity index (χ0n) is 32.2. The molecule has 0 fully saturated rings. The van der Waals surface area contributed by atoms with Gasteiger partial charge in [-0.3, -0.25) is 4.79 Å². The van der Waals surface area contributed by atoms with E-state index in [0.29, 0.717) is 6.42 Å². The molecule has 0 aliphatic carbocycles. The standard InChI is InChI=1S/C24BF20.C18H22NO/c26-5-1(6(27)14(35)21(42)13(5)34)25(2-7(28)15(36)22(43)16(37)8(2)29,3-9(30)17(38)23(44)18(39)10(3)31)4-11(32)19(40)24(45)20(41)12(4)33;1-2-3-5-10-18(20)17-11-13-19(14-12-17)15-16-8-6-4-7-9-16/h;4,6-9,11-14H,2-3,5,10,15H2,1H3/q-1;+1. The van der Waals surface area contributed by atoms with Gasteiger partial charge in [0.2, 0.25) is 0 Å². The molecule has 65 heavy (non-hydrogen) atoms. The Bertz CT molecular complexity index is 2440. The van der Waals surface area contributed by atoms with E-state index in [1.807, 2.05) is 42.7 Å². The first-order valence-corrected chi connectivity index (χ1v) is 18.3. The van der Waals surface area contributed by atoms with E-state index in [1.165, 1.54) is 5.56 Å². The molecule has 0 saturated carbocycles. The number of rotatable bonds is 11. The second-order valence-corrected chi connectivity index (χ2v) is 13.9. The van der Waals surface area contributed by atoms with Crippen molar-refractivity contribution in [2.24, 2.45) is 0 Å². The summed E-state index contributed by atoms with van der Waals surface area (Å²) < 4.78 is 296. The van der Waals surface area contributed by atoms with Crippen LogP contribution in [0.25, 0.3) is 0 Å². The van der Waals surface area contributed by atoms with Gasteiger partial charge in [-0.15, -0.1) is 21.9 Å². The van der Waals surface area contributed by atoms with Gasteiger partial charge in [0.25, 0.3) is 0 Å². The molecule has 0 saturated heterocycles. The molecule has 5 aromatic carbocycles. The number of carbonyl (C=O) groups excluding carboxylic acids is 1. The van der Waals surface area contributed by atoms with E-state index in [-0.39, 0.29) is 5.78 Å². The van der Waals surface area contributed by atoms with Crippen LogP contribution in [0.4, 0.5) is 87.8 Å². The van der Waals surface area contributed by atoms with Crippen LogP contribution in [0.1, 0.15) is 48.5 Å². The van der Waals surface area contributed by atoms with Crippen molar-refractivity contribution in [1.29, 1.82) is 0 Å². The maximum absolute atomic E-state index is 15.4. The summed E-state index contributed by atoms with van der Waals surface area (Å²) in [5.74, 6) is -71.2. The Hall–Kier alpha value is -6.42. The van der Waals surface area contributed by atoms with Gasteiger partial charge in [-0.25, -0.2) is 92.4 Å². The number of hydrogen-bond donors (Lipinski definition) is 0. The largest absolute Gasteiger partial charge is 0.294 e. The summed E-state index contributed by atoms with van der Waals surface area (Å²) in [5, 5.41) is 0. The Kier molecular flexibility index (Phi) is 14.8. The highest BCUT2D eigenvalue weighted by Crippen LogP contribution is 2.31. The van der Waals surface area contributed by atoms with Gasteiger partial charge in [0.1, 0.15) is 52.7 Å². The Morgan fingerprint density at radius 2 is 0.677 bits per heavy atom. The summed E-state index contributed by atoms with van der Waals surface area (Å²) >= 11 is 0. The van der Waals surface area contributed by atoms with E-state index >= 15 is 35.1 Å². The number of aromatic nitrogens is 1. The van der Waals surface area contributed by atoms with Crippen LogP contribution in [-0.2, 0) is 6.54 Å². The van der Waals surface area contributed by atoms with Gasteiger partial charge < -0.3 is 0 Å². The van der Waals surface area contributed by atoms with E-state index in [1.54, 1.807) is 0 Å². The summed E-state index contributed by atoms with van der Waals surface area (Å²) in [5.41, 5.74) is -12.2. The molecule has 344 valence electrons. The number of pyridine rings is 1. The van der Waals surface area contributed by atoms with E-state index in [2.05, 4.69) is 23.6 Å². The van der Waals surface area contributed by atoms with Crippen LogP contribution in [0.15, 0.2) is 54.9 Å². The third-order valence-electron chi connectivity index (χ3n) is 10.1. The van der Waals surface area contributed by atoms with Gasteiger partial charge in [-0.05, 0) is 6.42 Å². The number of ketones is 1. The van der Waals surface area contributed by atoms with Gasteiger partial charge in [0, 0.05) is 29.7 Å². The van der Waals surface area contributed by atoms with Crippen molar-refractivity contribution in [3.63, 3.8) is 0 Å². The molecule has 6 rings (SSSR count). The van der Waals surface area contributed by atoms with Gasteiger partial charge in [0.15, 0.2) is 94.5 Å². The molecular formula is C42H22BF20NO. The van der Waals surface area contributed by atoms with Crippen LogP contribution < -0.4 is 26.4 Å². The number of Topliss-reactive ketones (excluding diaryl/α,β-unsaturated/α-hetero) is 1. The maximum Gasteiger partial charge on any atom is 0.200 e. The van der Waals surface area contributed by atoms with E-state index in [0.717, 1.165) is 31.4 Å². The molecule has 0 amide bonds. The molecule has 1 heterocycles. The van der Waals surface area contributed by atoms with E-state index in [4.69, 9.17) is 0 Å². The molecule has 0 N–H and O–H groups in total. The highest BCUT2D eigenvalue weighted by Gasteiger charge is 2.52. The molecule has 0 unspecified atom stereocenters. The van der Waals surface area contributed by atoms with Gasteiger partial charge >= 0.3 is 0 Å². The number of benzene rings is 5. The summed E-state index contributed by atoms with van der Waals surface area (Å²) in [6, 6.07) is 14.2. The fraction of sp³-hybridized carbons (Fsp3) is 0.143. The number of nitrogens with zero attached hydrogens (tertiary/aromatic N) is 1. The van der Waals surface area contributed by atoms with Crippen LogP contribution >= 0.6 is 0 Å². The monoisotopic (exact) mass is 947 g/mol. The van der Waals surface area contributed by atoms with Crippen molar-refractivity contribution in [2.45, 2.75) is 39.2 Å². The minimum atomic E-state index is -7.22. The molecule has 0 bridgehead atoms. The third-order valence-corrected chi connectivity index (χ3v) is 10.1. The quantitative estimate of drug-likeness (QED) is 0.0241. The Balaban J connectivity index is 0.000000330. The first-order valence-electron chi connectivity index (χ1n) is 18.3. The van der Waals surface area contributed by atoms with Crippen LogP contribution in [0.3, 0.4) is 0 Å². The number of carbonyl (C=O) groups is 1. The molecule has 1 aromatic heterocycles. The Morgan fingerprint density at radius 3 is 0.954 bits per heavy atom. The van der Waals surface area contributed by atoms with Crippen molar-refractivity contribution < 1.29 is 97.2 Å². The SMILES string of the molecule is CCCCCC(=O)c1cc[n+](Cc2ccccc2)cc1.Fc1c(F)c(F)c([B-](c2c(F)c(F)c(F)c(F)c2F)(c2c(F)c(F)c(F)c(F)c2F)c2c(F)c(F)c(F)c(F)c2F)c(F)c1F. The smallest absolute Gasteiger partial charge is 0.200 e. The van der Waals surface area contributed by atoms with E-state index in [9.17, 15) is 57.5 Å². The van der Waals surface area contributed by atoms with Crippen molar-refractivity contribution in [2.75, 3.05) is 0 Å². The second kappa shape index (κ2) is 19.4. The molecule has 0 aliphatic heterocycles. The van der Waals surface area contributed by atoms with E-state index < -0.39 is 144 Å². The summed E-state index contributed by atoms with van der Waals surface area (Å²) in [7, 11) is 0. The zero-order chi connectivity index (χ0) is 48.6. The summed E-state index contributed by atoms with van der Waals surface area (Å²) in [6.45, 7) is 2.99. The second-order valence-electron chi connectivity index (χ2n) is 13.9. The van der Waals surface area contributed by atoms with Gasteiger partial charge in [-0.1, -0.05) is 50.1 Å². The molecule has 0 atom stereocenters. The predicted octanol–water partition coefficient (Wildman–Crippen LogP) is 9.63. The molecule has 6 aromatic rings. The highest BCUT2D eigenvalue weighted by atomic mass is 19.2. The summed E-state index contributed by atoms with van der Waals surface area (Å²) in [4.78, 5) is 12.0.